The zero-order valence-electron chi connectivity index (χ0n) is 14.2. The van der Waals surface area contributed by atoms with E-state index in [2.05, 4.69) is 20.4 Å². The van der Waals surface area contributed by atoms with Crippen LogP contribution in [0.15, 0.2) is 68.9 Å². The van der Waals surface area contributed by atoms with E-state index >= 15 is 0 Å². The van der Waals surface area contributed by atoms with Crippen LogP contribution in [0.4, 0.5) is 11.4 Å². The molecule has 0 aromatic heterocycles. The van der Waals surface area contributed by atoms with Gasteiger partial charge in [-0.1, -0.05) is 0 Å². The van der Waals surface area contributed by atoms with E-state index < -0.39 is 9.85 Å². The minimum atomic E-state index is -0.509. The third-order valence-corrected chi connectivity index (χ3v) is 3.21. The van der Waals surface area contributed by atoms with Crippen LogP contribution in [-0.2, 0) is 0 Å². The zero-order chi connectivity index (χ0) is 20.5. The van der Waals surface area contributed by atoms with Crippen molar-refractivity contribution in [3.05, 3.63) is 79.9 Å². The second kappa shape index (κ2) is 9.28. The Labute approximate surface area is 157 Å². The van der Waals surface area contributed by atoms with E-state index in [0.29, 0.717) is 11.1 Å². The molecule has 12 nitrogen and oxygen atoms in total. The van der Waals surface area contributed by atoms with Crippen molar-refractivity contribution >= 4 is 35.5 Å². The van der Waals surface area contributed by atoms with Gasteiger partial charge in [-0.05, 0) is 35.4 Å². The number of amidine groups is 2. The Morgan fingerprint density at radius 2 is 1.04 bits per heavy atom. The van der Waals surface area contributed by atoms with Gasteiger partial charge in [-0.3, -0.25) is 20.2 Å². The van der Waals surface area contributed by atoms with Crippen molar-refractivity contribution in [1.29, 1.82) is 0 Å². The molecule has 0 aliphatic heterocycles. The molecule has 0 saturated carbocycles. The number of hydrogen-bond acceptors (Lipinski definition) is 8. The summed E-state index contributed by atoms with van der Waals surface area (Å²) in [5.41, 5.74) is 12.3. The van der Waals surface area contributed by atoms with E-state index in [1.807, 2.05) is 0 Å². The first-order valence-corrected chi connectivity index (χ1v) is 7.59. The molecule has 0 heterocycles. The van der Waals surface area contributed by atoms with Crippen LogP contribution in [0.1, 0.15) is 11.1 Å². The van der Waals surface area contributed by atoms with Crippen LogP contribution in [0.5, 0.6) is 0 Å². The van der Waals surface area contributed by atoms with E-state index in [1.54, 1.807) is 0 Å². The molecule has 142 valence electrons. The topological polar surface area (TPSA) is 188 Å². The summed E-state index contributed by atoms with van der Waals surface area (Å²) in [6.07, 6.45) is 2.67. The second-order valence-corrected chi connectivity index (χ2v) is 5.16. The van der Waals surface area contributed by atoms with Crippen molar-refractivity contribution in [2.45, 2.75) is 0 Å². The molecule has 28 heavy (non-hydrogen) atoms. The average Bonchev–Trinajstić information content (AvgIpc) is 2.68. The van der Waals surface area contributed by atoms with Crippen LogP contribution >= 0.6 is 0 Å². The first-order valence-electron chi connectivity index (χ1n) is 7.59. The first-order chi connectivity index (χ1) is 13.4. The molecule has 0 fully saturated rings. The molecule has 0 radical (unpaired) electrons. The van der Waals surface area contributed by atoms with Gasteiger partial charge in [0.15, 0.2) is 11.7 Å². The second-order valence-electron chi connectivity index (χ2n) is 5.16. The molecule has 2 aromatic carbocycles. The summed E-state index contributed by atoms with van der Waals surface area (Å²) in [6, 6.07) is 11.3. The maximum Gasteiger partial charge on any atom is 0.269 e. The molecule has 12 heteroatoms. The molecule has 0 unspecified atom stereocenters. The first kappa shape index (κ1) is 19.8. The Balaban J connectivity index is 1.98. The Kier molecular flexibility index (Phi) is 6.58. The smallest absolute Gasteiger partial charge is 0.269 e. The monoisotopic (exact) mass is 382 g/mol. The molecule has 0 amide bonds. The highest BCUT2D eigenvalue weighted by Gasteiger charge is 2.03. The molecule has 0 aliphatic rings. The van der Waals surface area contributed by atoms with Crippen LogP contribution in [0.2, 0.25) is 0 Å². The SMILES string of the molecule is NC(=NN=Cc1ccc([N+](=O)[O-])cc1)C(N)=NN=Cc1ccc([N+](=O)[O-])cc1. The third-order valence-electron chi connectivity index (χ3n) is 3.21. The minimum absolute atomic E-state index is 0.0394. The molecule has 0 bridgehead atoms. The Bertz CT molecular complexity index is 897. The molecule has 4 N–H and O–H groups in total. The predicted molar refractivity (Wildman–Crippen MR) is 105 cm³/mol. The Hall–Kier alpha value is -4.48. The standard InChI is InChI=1S/C16H14N8O4/c17-15(21-19-9-11-1-5-13(6-2-11)23(25)26)16(18)22-20-10-12-3-7-14(8-4-12)24(27)28/h1-10H,(H2,17,21)(H2,18,22). The van der Waals surface area contributed by atoms with Crippen LogP contribution in [-0.4, -0.2) is 33.9 Å². The van der Waals surface area contributed by atoms with Crippen molar-refractivity contribution < 1.29 is 9.85 Å². The number of nitrogens with zero attached hydrogens (tertiary/aromatic N) is 6. The van der Waals surface area contributed by atoms with Gasteiger partial charge in [-0.15, -0.1) is 10.2 Å². The van der Waals surface area contributed by atoms with Crippen molar-refractivity contribution in [3.63, 3.8) is 0 Å². The molecule has 0 aliphatic carbocycles. The van der Waals surface area contributed by atoms with Gasteiger partial charge >= 0.3 is 0 Å². The van der Waals surface area contributed by atoms with Gasteiger partial charge in [0.2, 0.25) is 0 Å². The van der Waals surface area contributed by atoms with Crippen molar-refractivity contribution in [3.8, 4) is 0 Å². The summed E-state index contributed by atoms with van der Waals surface area (Å²) in [4.78, 5) is 20.1. The fourth-order valence-corrected chi connectivity index (χ4v) is 1.78. The summed E-state index contributed by atoms with van der Waals surface area (Å²) in [6.45, 7) is 0. The summed E-state index contributed by atoms with van der Waals surface area (Å²) >= 11 is 0. The fraction of sp³-hybridized carbons (Fsp3) is 0. The number of non-ortho nitro benzene ring substituents is 2. The summed E-state index contributed by atoms with van der Waals surface area (Å²) in [7, 11) is 0. The number of nitro benzene ring substituents is 2. The lowest BCUT2D eigenvalue weighted by Gasteiger charge is -1.95. The van der Waals surface area contributed by atoms with E-state index in [0.717, 1.165) is 0 Å². The maximum atomic E-state index is 10.6. The highest BCUT2D eigenvalue weighted by molar-refractivity contribution is 6.39. The fourth-order valence-electron chi connectivity index (χ4n) is 1.78. The molecule has 0 atom stereocenters. The number of hydrogen-bond donors (Lipinski definition) is 2. The highest BCUT2D eigenvalue weighted by Crippen LogP contribution is 2.11. The lowest BCUT2D eigenvalue weighted by Crippen LogP contribution is -2.30. The molecular formula is C16H14N8O4. The summed E-state index contributed by atoms with van der Waals surface area (Å²) in [5.74, 6) is -0.363. The molecule has 2 rings (SSSR count). The van der Waals surface area contributed by atoms with Gasteiger partial charge in [-0.2, -0.15) is 10.2 Å². The largest absolute Gasteiger partial charge is 0.379 e. The molecular weight excluding hydrogens is 368 g/mol. The van der Waals surface area contributed by atoms with Crippen molar-refractivity contribution in [1.82, 2.24) is 0 Å². The predicted octanol–water partition coefficient (Wildman–Crippen LogP) is 1.59. The quantitative estimate of drug-likeness (QED) is 0.330. The zero-order valence-corrected chi connectivity index (χ0v) is 14.2. The maximum absolute atomic E-state index is 10.6. The van der Waals surface area contributed by atoms with E-state index in [4.69, 9.17) is 11.5 Å². The van der Waals surface area contributed by atoms with Gasteiger partial charge in [0, 0.05) is 24.3 Å². The number of nitro groups is 2. The van der Waals surface area contributed by atoms with Gasteiger partial charge in [0.05, 0.1) is 22.3 Å². The lowest BCUT2D eigenvalue weighted by atomic mass is 10.2. The normalized spacial score (nSPS) is 12.6. The lowest BCUT2D eigenvalue weighted by molar-refractivity contribution is -0.385. The van der Waals surface area contributed by atoms with Gasteiger partial charge < -0.3 is 11.5 Å². The van der Waals surface area contributed by atoms with Crippen LogP contribution in [0.3, 0.4) is 0 Å². The van der Waals surface area contributed by atoms with E-state index in [1.165, 1.54) is 61.0 Å². The Morgan fingerprint density at radius 1 is 0.714 bits per heavy atom. The number of nitrogens with two attached hydrogens (primary N) is 2. The van der Waals surface area contributed by atoms with Crippen LogP contribution < -0.4 is 11.5 Å². The minimum Gasteiger partial charge on any atom is -0.379 e. The van der Waals surface area contributed by atoms with Gasteiger partial charge in [0.25, 0.3) is 11.4 Å². The number of benzene rings is 2. The van der Waals surface area contributed by atoms with Crippen LogP contribution in [0, 0.1) is 20.2 Å². The Morgan fingerprint density at radius 3 is 1.32 bits per heavy atom. The van der Waals surface area contributed by atoms with E-state index in [9.17, 15) is 20.2 Å². The third kappa shape index (κ3) is 5.80. The van der Waals surface area contributed by atoms with Crippen LogP contribution in [0.25, 0.3) is 0 Å². The molecule has 0 spiro atoms. The number of rotatable bonds is 6. The summed E-state index contributed by atoms with van der Waals surface area (Å²) < 4.78 is 0. The molecule has 2 aromatic rings. The summed E-state index contributed by atoms with van der Waals surface area (Å²) in [5, 5.41) is 35.9. The average molecular weight is 382 g/mol. The highest BCUT2D eigenvalue weighted by atomic mass is 16.6. The van der Waals surface area contributed by atoms with Gasteiger partial charge in [0.1, 0.15) is 0 Å². The van der Waals surface area contributed by atoms with Crippen molar-refractivity contribution in [2.24, 2.45) is 31.9 Å². The van der Waals surface area contributed by atoms with E-state index in [-0.39, 0.29) is 23.0 Å². The van der Waals surface area contributed by atoms with Gasteiger partial charge in [-0.25, -0.2) is 0 Å². The molecule has 0 saturated heterocycles. The van der Waals surface area contributed by atoms with Crippen molar-refractivity contribution in [2.75, 3.05) is 0 Å².